The molecule has 0 heterocycles. The third-order valence-corrected chi connectivity index (χ3v) is 4.18. The Labute approximate surface area is 151 Å². The van der Waals surface area contributed by atoms with Crippen molar-refractivity contribution in [3.63, 3.8) is 0 Å². The summed E-state index contributed by atoms with van der Waals surface area (Å²) >= 11 is 1.68. The average Bonchev–Trinajstić information content (AvgIpc) is 2.63. The highest BCUT2D eigenvalue weighted by Crippen LogP contribution is 2.18. The van der Waals surface area contributed by atoms with Crippen LogP contribution in [0.2, 0.25) is 0 Å². The molecule has 0 aliphatic carbocycles. The highest BCUT2D eigenvalue weighted by atomic mass is 32.2. The van der Waals surface area contributed by atoms with Gasteiger partial charge in [0.25, 0.3) is 0 Å². The van der Waals surface area contributed by atoms with Crippen LogP contribution in [0.4, 0.5) is 5.69 Å². The second kappa shape index (κ2) is 8.90. The number of anilines is 1. The van der Waals surface area contributed by atoms with Crippen molar-refractivity contribution in [3.8, 4) is 11.8 Å². The average molecular weight is 354 g/mol. The Balaban J connectivity index is 2.10. The monoisotopic (exact) mass is 354 g/mol. The highest BCUT2D eigenvalue weighted by molar-refractivity contribution is 7.97. The normalized spacial score (nSPS) is 11.2. The van der Waals surface area contributed by atoms with Crippen LogP contribution in [-0.4, -0.2) is 25.1 Å². The maximum absolute atomic E-state index is 12.5. The molecule has 25 heavy (non-hydrogen) atoms. The van der Waals surface area contributed by atoms with Crippen LogP contribution in [0.25, 0.3) is 0 Å². The zero-order valence-corrected chi connectivity index (χ0v) is 14.8. The molecule has 0 aromatic heterocycles. The molecule has 128 valence electrons. The lowest BCUT2D eigenvalue weighted by Crippen LogP contribution is -2.28. The number of hydrogen-bond donors (Lipinski definition) is 1. The van der Waals surface area contributed by atoms with Crippen LogP contribution in [0.3, 0.4) is 0 Å². The summed E-state index contributed by atoms with van der Waals surface area (Å²) in [6.45, 7) is 0. The van der Waals surface area contributed by atoms with Gasteiger partial charge < -0.3 is 10.1 Å². The SMILES string of the molecule is COc1ccc(NC(=O)C(C#N)C(=O)c2ccc(CSC)cc2)cc1. The van der Waals surface area contributed by atoms with E-state index >= 15 is 0 Å². The molecule has 0 saturated carbocycles. The standard InChI is InChI=1S/C19H18N2O3S/c1-24-16-9-7-15(8-10-16)21-19(23)17(11-20)18(22)14-5-3-13(4-6-14)12-25-2/h3-10,17H,12H2,1-2H3,(H,21,23). The van der Waals surface area contributed by atoms with E-state index in [4.69, 9.17) is 4.74 Å². The van der Waals surface area contributed by atoms with Crippen LogP contribution < -0.4 is 10.1 Å². The van der Waals surface area contributed by atoms with Crippen molar-refractivity contribution in [1.82, 2.24) is 0 Å². The fraction of sp³-hybridized carbons (Fsp3) is 0.211. The van der Waals surface area contributed by atoms with Crippen LogP contribution in [-0.2, 0) is 10.5 Å². The van der Waals surface area contributed by atoms with Gasteiger partial charge in [-0.2, -0.15) is 17.0 Å². The number of carbonyl (C=O) groups excluding carboxylic acids is 2. The topological polar surface area (TPSA) is 79.2 Å². The lowest BCUT2D eigenvalue weighted by Gasteiger charge is -2.10. The van der Waals surface area contributed by atoms with Crippen LogP contribution in [0.15, 0.2) is 48.5 Å². The van der Waals surface area contributed by atoms with Crippen molar-refractivity contribution in [2.45, 2.75) is 5.75 Å². The third kappa shape index (κ3) is 4.85. The van der Waals surface area contributed by atoms with E-state index in [1.807, 2.05) is 18.4 Å². The fourth-order valence-corrected chi connectivity index (χ4v) is 2.75. The molecule has 1 atom stereocenters. The van der Waals surface area contributed by atoms with Crippen molar-refractivity contribution < 1.29 is 14.3 Å². The lowest BCUT2D eigenvalue weighted by molar-refractivity contribution is -0.117. The Bertz CT molecular complexity index is 780. The number of ether oxygens (including phenoxy) is 1. The van der Waals surface area contributed by atoms with Gasteiger partial charge in [0.1, 0.15) is 5.75 Å². The Hall–Kier alpha value is -2.78. The van der Waals surface area contributed by atoms with Gasteiger partial charge in [-0.1, -0.05) is 24.3 Å². The quantitative estimate of drug-likeness (QED) is 0.608. The van der Waals surface area contributed by atoms with Crippen molar-refractivity contribution in [3.05, 3.63) is 59.7 Å². The zero-order valence-electron chi connectivity index (χ0n) is 14.0. The van der Waals surface area contributed by atoms with E-state index in [0.29, 0.717) is 17.0 Å². The Morgan fingerprint density at radius 2 is 1.80 bits per heavy atom. The zero-order chi connectivity index (χ0) is 18.2. The number of carbonyl (C=O) groups is 2. The Morgan fingerprint density at radius 1 is 1.16 bits per heavy atom. The largest absolute Gasteiger partial charge is 0.497 e. The van der Waals surface area contributed by atoms with E-state index in [-0.39, 0.29) is 0 Å². The smallest absolute Gasteiger partial charge is 0.249 e. The number of amides is 1. The molecule has 0 saturated heterocycles. The van der Waals surface area contributed by atoms with Gasteiger partial charge in [-0.25, -0.2) is 0 Å². The van der Waals surface area contributed by atoms with Crippen LogP contribution in [0.5, 0.6) is 5.75 Å². The van der Waals surface area contributed by atoms with Crippen molar-refractivity contribution in [2.75, 3.05) is 18.7 Å². The molecule has 1 amide bonds. The Morgan fingerprint density at radius 3 is 2.32 bits per heavy atom. The molecule has 0 radical (unpaired) electrons. The molecule has 6 heteroatoms. The first-order valence-corrected chi connectivity index (χ1v) is 8.95. The third-order valence-electron chi connectivity index (χ3n) is 3.56. The highest BCUT2D eigenvalue weighted by Gasteiger charge is 2.27. The summed E-state index contributed by atoms with van der Waals surface area (Å²) in [5.41, 5.74) is 1.93. The number of Topliss-reactive ketones (excluding diaryl/α,β-unsaturated/α-hetero) is 1. The predicted octanol–water partition coefficient (Wildman–Crippen LogP) is 3.52. The molecule has 0 aliphatic rings. The van der Waals surface area contributed by atoms with E-state index in [1.165, 1.54) is 0 Å². The molecule has 0 bridgehead atoms. The van der Waals surface area contributed by atoms with Gasteiger partial charge >= 0.3 is 0 Å². The minimum absolute atomic E-state index is 0.348. The number of benzene rings is 2. The van der Waals surface area contributed by atoms with Crippen LogP contribution in [0.1, 0.15) is 15.9 Å². The molecule has 2 aromatic rings. The Kier molecular flexibility index (Phi) is 6.61. The van der Waals surface area contributed by atoms with E-state index in [0.717, 1.165) is 11.3 Å². The van der Waals surface area contributed by atoms with Gasteiger partial charge in [0.2, 0.25) is 5.91 Å². The summed E-state index contributed by atoms with van der Waals surface area (Å²) in [7, 11) is 1.54. The molecule has 1 N–H and O–H groups in total. The van der Waals surface area contributed by atoms with E-state index in [1.54, 1.807) is 61.3 Å². The van der Waals surface area contributed by atoms with Gasteiger partial charge in [-0.05, 0) is 36.1 Å². The first-order chi connectivity index (χ1) is 12.1. The minimum Gasteiger partial charge on any atom is -0.497 e. The predicted molar refractivity (Wildman–Crippen MR) is 98.7 cm³/mol. The molecule has 2 aromatic carbocycles. The van der Waals surface area contributed by atoms with E-state index < -0.39 is 17.6 Å². The molecular weight excluding hydrogens is 336 g/mol. The molecule has 0 aliphatic heterocycles. The first kappa shape index (κ1) is 18.6. The number of nitrogens with zero attached hydrogens (tertiary/aromatic N) is 1. The first-order valence-electron chi connectivity index (χ1n) is 7.55. The summed E-state index contributed by atoms with van der Waals surface area (Å²) in [5.74, 6) is -1.06. The second-order valence-corrected chi connectivity index (χ2v) is 6.14. The number of hydrogen-bond acceptors (Lipinski definition) is 5. The van der Waals surface area contributed by atoms with Gasteiger partial charge in [-0.15, -0.1) is 0 Å². The van der Waals surface area contributed by atoms with Gasteiger partial charge in [0.15, 0.2) is 11.7 Å². The van der Waals surface area contributed by atoms with Gasteiger partial charge in [0, 0.05) is 17.0 Å². The second-order valence-electron chi connectivity index (χ2n) is 5.27. The maximum atomic E-state index is 12.5. The maximum Gasteiger partial charge on any atom is 0.249 e. The van der Waals surface area contributed by atoms with Gasteiger partial charge in [-0.3, -0.25) is 9.59 Å². The molecule has 2 rings (SSSR count). The number of nitrogens with one attached hydrogen (secondary N) is 1. The van der Waals surface area contributed by atoms with Crippen molar-refractivity contribution in [1.29, 1.82) is 5.26 Å². The van der Waals surface area contributed by atoms with Crippen LogP contribution in [0, 0.1) is 17.2 Å². The van der Waals surface area contributed by atoms with E-state index in [2.05, 4.69) is 5.32 Å². The number of nitriles is 1. The van der Waals surface area contributed by atoms with Crippen molar-refractivity contribution >= 4 is 29.1 Å². The number of thioether (sulfide) groups is 1. The molecule has 0 fully saturated rings. The molecule has 1 unspecified atom stereocenters. The molecule has 5 nitrogen and oxygen atoms in total. The summed E-state index contributed by atoms with van der Waals surface area (Å²) in [6.07, 6.45) is 1.99. The summed E-state index contributed by atoms with van der Waals surface area (Å²) in [6, 6.07) is 15.4. The number of methoxy groups -OCH3 is 1. The van der Waals surface area contributed by atoms with Crippen molar-refractivity contribution in [2.24, 2.45) is 5.92 Å². The summed E-state index contributed by atoms with van der Waals surface area (Å²) < 4.78 is 5.05. The molecular formula is C19H18N2O3S. The summed E-state index contributed by atoms with van der Waals surface area (Å²) in [5, 5.41) is 11.9. The lowest BCUT2D eigenvalue weighted by atomic mass is 9.97. The van der Waals surface area contributed by atoms with Gasteiger partial charge in [0.05, 0.1) is 13.2 Å². The summed E-state index contributed by atoms with van der Waals surface area (Å²) in [4.78, 5) is 24.8. The number of ketones is 1. The fourth-order valence-electron chi connectivity index (χ4n) is 2.22. The number of rotatable bonds is 7. The van der Waals surface area contributed by atoms with E-state index in [9.17, 15) is 14.9 Å². The molecule has 0 spiro atoms. The minimum atomic E-state index is -1.39. The van der Waals surface area contributed by atoms with Crippen LogP contribution >= 0.6 is 11.8 Å².